The van der Waals surface area contributed by atoms with Crippen LogP contribution in [0.1, 0.15) is 62.4 Å². The van der Waals surface area contributed by atoms with Crippen molar-refractivity contribution in [3.63, 3.8) is 0 Å². The topological polar surface area (TPSA) is 193 Å². The summed E-state index contributed by atoms with van der Waals surface area (Å²) in [5.74, 6) is -1.79. The number of piperidine rings is 1. The number of para-hydroxylation sites is 1. The second-order valence-electron chi connectivity index (χ2n) is 11.6. The molecule has 0 unspecified atom stereocenters. The van der Waals surface area contributed by atoms with Gasteiger partial charge in [0.1, 0.15) is 23.7 Å². The van der Waals surface area contributed by atoms with E-state index in [2.05, 4.69) is 20.7 Å². The summed E-state index contributed by atoms with van der Waals surface area (Å²) in [5, 5.41) is 17.6. The van der Waals surface area contributed by atoms with E-state index in [1.54, 1.807) is 28.5 Å². The fourth-order valence-electron chi connectivity index (χ4n) is 5.50. The van der Waals surface area contributed by atoms with Crippen LogP contribution in [0.5, 0.6) is 5.75 Å². The van der Waals surface area contributed by atoms with Gasteiger partial charge in [-0.25, -0.2) is 0 Å². The molecule has 4 amide bonds. The minimum atomic E-state index is -1.03. The number of benzene rings is 1. The van der Waals surface area contributed by atoms with Crippen molar-refractivity contribution >= 4 is 46.8 Å². The summed E-state index contributed by atoms with van der Waals surface area (Å²) in [7, 11) is 1.22. The largest absolute Gasteiger partial charge is 0.494 e. The third-order valence-electron chi connectivity index (χ3n) is 8.21. The number of methoxy groups -OCH3 is 1. The van der Waals surface area contributed by atoms with E-state index in [1.807, 2.05) is 32.0 Å². The Morgan fingerprint density at radius 3 is 2.53 bits per heavy atom. The molecular formula is C31H40N6O7S. The normalized spacial score (nSPS) is 21.1. The van der Waals surface area contributed by atoms with Crippen LogP contribution in [0, 0.1) is 10.8 Å². The first-order valence-electron chi connectivity index (χ1n) is 14.8. The molecule has 242 valence electrons. The molecular weight excluding hydrogens is 600 g/mol. The van der Waals surface area contributed by atoms with Gasteiger partial charge >= 0.3 is 5.97 Å². The second-order valence-corrected chi connectivity index (χ2v) is 12.6. The van der Waals surface area contributed by atoms with Crippen LogP contribution in [0.3, 0.4) is 0 Å². The highest BCUT2D eigenvalue weighted by atomic mass is 32.1. The number of fused-ring (bicyclic) bond motifs is 1. The molecule has 2 aliphatic rings. The summed E-state index contributed by atoms with van der Waals surface area (Å²) >= 11 is 1.39. The van der Waals surface area contributed by atoms with Gasteiger partial charge in [-0.3, -0.25) is 29.4 Å². The molecule has 1 aliphatic heterocycles. The average Bonchev–Trinajstić information content (AvgIpc) is 3.33. The van der Waals surface area contributed by atoms with Gasteiger partial charge < -0.3 is 36.1 Å². The smallest absolute Gasteiger partial charge is 0.306 e. The Labute approximate surface area is 265 Å². The number of esters is 1. The Balaban J connectivity index is 1.36. The van der Waals surface area contributed by atoms with Gasteiger partial charge in [-0.1, -0.05) is 25.1 Å². The van der Waals surface area contributed by atoms with Gasteiger partial charge in [0.2, 0.25) is 23.6 Å². The number of hydrogen-bond donors (Lipinski definition) is 5. The average molecular weight is 641 g/mol. The number of nitrogens with zero attached hydrogens (tertiary/aromatic N) is 1. The SMILES string of the molecule is COC(=O)CCC(=O)N[C@@H](CCOc1ccccc1)C(=O)NCC(=O)N1[C@H]2C[C@@]2(C)C[C@H]1C(=O)N[C@H](C)c1cc(C(=N)N)cs1. The van der Waals surface area contributed by atoms with Crippen LogP contribution in [-0.2, 0) is 28.7 Å². The van der Waals surface area contributed by atoms with Crippen LogP contribution < -0.4 is 26.4 Å². The van der Waals surface area contributed by atoms with E-state index in [-0.39, 0.29) is 61.7 Å². The maximum absolute atomic E-state index is 13.5. The molecule has 1 aromatic carbocycles. The summed E-state index contributed by atoms with van der Waals surface area (Å²) < 4.78 is 10.3. The lowest BCUT2D eigenvalue weighted by Gasteiger charge is -2.28. The Hall–Kier alpha value is -4.46. The van der Waals surface area contributed by atoms with E-state index in [0.717, 1.165) is 11.3 Å². The van der Waals surface area contributed by atoms with E-state index in [1.165, 1.54) is 18.4 Å². The Bertz CT molecular complexity index is 1430. The summed E-state index contributed by atoms with van der Waals surface area (Å²) in [6.45, 7) is 3.63. The predicted octanol–water partition coefficient (Wildman–Crippen LogP) is 1.61. The van der Waals surface area contributed by atoms with Crippen molar-refractivity contribution < 1.29 is 33.4 Å². The summed E-state index contributed by atoms with van der Waals surface area (Å²) in [6.07, 6.45) is 1.08. The summed E-state index contributed by atoms with van der Waals surface area (Å²) in [6, 6.07) is 8.58. The van der Waals surface area contributed by atoms with Crippen LogP contribution in [0.25, 0.3) is 0 Å². The van der Waals surface area contributed by atoms with Gasteiger partial charge in [0, 0.05) is 34.7 Å². The van der Waals surface area contributed by atoms with Crippen molar-refractivity contribution in [1.82, 2.24) is 20.9 Å². The maximum atomic E-state index is 13.5. The predicted molar refractivity (Wildman–Crippen MR) is 166 cm³/mol. The number of thiophene rings is 1. The quantitative estimate of drug-likeness (QED) is 0.110. The lowest BCUT2D eigenvalue weighted by Crippen LogP contribution is -2.53. The Morgan fingerprint density at radius 2 is 1.87 bits per heavy atom. The first kappa shape index (κ1) is 33.4. The number of nitrogen functional groups attached to an aromatic ring is 1. The van der Waals surface area contributed by atoms with Crippen LogP contribution >= 0.6 is 11.3 Å². The van der Waals surface area contributed by atoms with Crippen molar-refractivity contribution in [2.45, 2.75) is 70.1 Å². The first-order chi connectivity index (χ1) is 21.4. The number of carbonyl (C=O) groups is 5. The van der Waals surface area contributed by atoms with Gasteiger partial charge in [0.05, 0.1) is 32.7 Å². The number of hydrogen-bond acceptors (Lipinski definition) is 9. The number of ether oxygens (including phenoxy) is 2. The fourth-order valence-corrected chi connectivity index (χ4v) is 6.42. The minimum absolute atomic E-state index is 0.0506. The zero-order chi connectivity index (χ0) is 32.7. The van der Waals surface area contributed by atoms with Gasteiger partial charge in [-0.15, -0.1) is 11.3 Å². The molecule has 0 spiro atoms. The molecule has 1 aliphatic carbocycles. The van der Waals surface area contributed by atoms with Crippen molar-refractivity contribution in [2.75, 3.05) is 20.3 Å². The van der Waals surface area contributed by atoms with Crippen LogP contribution in [0.15, 0.2) is 41.8 Å². The van der Waals surface area contributed by atoms with E-state index in [0.29, 0.717) is 17.7 Å². The number of nitrogens with one attached hydrogen (secondary N) is 4. The molecule has 45 heavy (non-hydrogen) atoms. The Kier molecular flexibility index (Phi) is 10.8. The lowest BCUT2D eigenvalue weighted by atomic mass is 10.0. The summed E-state index contributed by atoms with van der Waals surface area (Å²) in [4.78, 5) is 66.4. The third-order valence-corrected chi connectivity index (χ3v) is 9.33. The van der Waals surface area contributed by atoms with Crippen LogP contribution in [-0.4, -0.2) is 78.7 Å². The molecule has 14 heteroatoms. The van der Waals surface area contributed by atoms with Crippen LogP contribution in [0.4, 0.5) is 0 Å². The highest BCUT2D eigenvalue weighted by Gasteiger charge is 2.64. The minimum Gasteiger partial charge on any atom is -0.494 e. The number of amides is 4. The van der Waals surface area contributed by atoms with Gasteiger partial charge in [-0.2, -0.15) is 0 Å². The molecule has 6 N–H and O–H groups in total. The molecule has 2 fully saturated rings. The zero-order valence-electron chi connectivity index (χ0n) is 25.6. The summed E-state index contributed by atoms with van der Waals surface area (Å²) in [5.41, 5.74) is 5.99. The molecule has 4 rings (SSSR count). The second kappa shape index (κ2) is 14.5. The van der Waals surface area contributed by atoms with E-state index in [4.69, 9.17) is 15.9 Å². The molecule has 0 bridgehead atoms. The number of carbonyl (C=O) groups excluding carboxylic acids is 5. The molecule has 2 heterocycles. The molecule has 1 saturated heterocycles. The monoisotopic (exact) mass is 640 g/mol. The van der Waals surface area contributed by atoms with Crippen molar-refractivity contribution in [2.24, 2.45) is 11.1 Å². The van der Waals surface area contributed by atoms with Crippen molar-refractivity contribution in [1.29, 1.82) is 5.41 Å². The highest BCUT2D eigenvalue weighted by molar-refractivity contribution is 7.10. The van der Waals surface area contributed by atoms with Crippen molar-refractivity contribution in [3.05, 3.63) is 52.2 Å². The van der Waals surface area contributed by atoms with Crippen LogP contribution in [0.2, 0.25) is 0 Å². The van der Waals surface area contributed by atoms with Crippen molar-refractivity contribution in [3.8, 4) is 5.75 Å². The molecule has 5 atom stereocenters. The Morgan fingerprint density at radius 1 is 1.13 bits per heavy atom. The highest BCUT2D eigenvalue weighted by Crippen LogP contribution is 2.59. The third kappa shape index (κ3) is 8.59. The molecule has 1 saturated carbocycles. The van der Waals surface area contributed by atoms with E-state index >= 15 is 0 Å². The molecule has 13 nitrogen and oxygen atoms in total. The van der Waals surface area contributed by atoms with E-state index in [9.17, 15) is 24.0 Å². The number of rotatable bonds is 15. The van der Waals surface area contributed by atoms with Gasteiger partial charge in [0.25, 0.3) is 0 Å². The molecule has 1 aromatic heterocycles. The molecule has 2 aromatic rings. The number of likely N-dealkylation sites (tertiary alicyclic amines) is 1. The van der Waals surface area contributed by atoms with Gasteiger partial charge in [0.15, 0.2) is 0 Å². The van der Waals surface area contributed by atoms with Gasteiger partial charge in [-0.05, 0) is 43.4 Å². The zero-order valence-corrected chi connectivity index (χ0v) is 26.4. The standard InChI is InChI=1S/C31H40N6O7S/c1-18(23-13-19(17-45-23)28(32)33)35-30(42)22-14-31(2)15-24(31)37(22)26(39)16-34-29(41)21(36-25(38)9-10-27(40)43-3)11-12-44-20-7-5-4-6-8-20/h4-8,13,17-18,21-22,24H,9-12,14-16H2,1-3H3,(H3,32,33)(H,34,41)(H,35,42)(H,36,38)/t18-,21+,22+,24+,31-/m1/s1. The first-order valence-corrected chi connectivity index (χ1v) is 15.7. The fraction of sp³-hybridized carbons (Fsp3) is 0.484. The molecule has 0 radical (unpaired) electrons. The van der Waals surface area contributed by atoms with E-state index < -0.39 is 35.8 Å². The lowest BCUT2D eigenvalue weighted by molar-refractivity contribution is -0.142. The maximum Gasteiger partial charge on any atom is 0.306 e. The number of nitrogens with two attached hydrogens (primary N) is 1. The number of amidine groups is 1.